The number of aliphatic hydroxyl groups excluding tert-OH is 1. The van der Waals surface area contributed by atoms with Crippen LogP contribution >= 0.6 is 15.6 Å². The number of phosphoric ester groups is 2. The number of allylic oxidation sites excluding steroid dienone is 16. The number of aliphatic hydroxyl groups is 1. The number of esters is 4. The fraction of sp³-hybridized carbons (Fsp3) is 0.753. The molecule has 0 aliphatic rings. The number of hydrogen-bond donors (Lipinski definition) is 3. The van der Waals surface area contributed by atoms with E-state index < -0.39 is 97.5 Å². The predicted octanol–water partition coefficient (Wildman–Crippen LogP) is 22.8. The molecule has 5 atom stereocenters. The van der Waals surface area contributed by atoms with Crippen LogP contribution in [0.25, 0.3) is 0 Å². The van der Waals surface area contributed by atoms with Gasteiger partial charge in [0, 0.05) is 25.7 Å². The van der Waals surface area contributed by atoms with Crippen LogP contribution in [0.5, 0.6) is 0 Å². The lowest BCUT2D eigenvalue weighted by Gasteiger charge is -2.21. The average Bonchev–Trinajstić information content (AvgIpc) is 0.985. The first-order valence-electron chi connectivity index (χ1n) is 39.5. The fourth-order valence-electron chi connectivity index (χ4n) is 10.5. The van der Waals surface area contributed by atoms with E-state index >= 15 is 0 Å². The molecule has 3 N–H and O–H groups in total. The first-order chi connectivity index (χ1) is 48.7. The van der Waals surface area contributed by atoms with Crippen molar-refractivity contribution in [1.29, 1.82) is 0 Å². The Labute approximate surface area is 607 Å². The van der Waals surface area contributed by atoms with Crippen molar-refractivity contribution in [1.82, 2.24) is 0 Å². The van der Waals surface area contributed by atoms with Gasteiger partial charge < -0.3 is 33.8 Å². The molecule has 0 rings (SSSR count). The molecule has 0 aliphatic carbocycles. The molecule has 0 saturated carbocycles. The van der Waals surface area contributed by atoms with E-state index in [0.717, 1.165) is 161 Å². The number of rotatable bonds is 74. The van der Waals surface area contributed by atoms with Crippen LogP contribution in [0.4, 0.5) is 0 Å². The Morgan fingerprint density at radius 2 is 0.530 bits per heavy atom. The molecule has 0 spiro atoms. The maximum absolute atomic E-state index is 13.1. The lowest BCUT2D eigenvalue weighted by Crippen LogP contribution is -2.30. The van der Waals surface area contributed by atoms with Gasteiger partial charge >= 0.3 is 39.5 Å². The summed E-state index contributed by atoms with van der Waals surface area (Å²) >= 11 is 0. The summed E-state index contributed by atoms with van der Waals surface area (Å²) in [5, 5.41) is 10.6. The van der Waals surface area contributed by atoms with Crippen LogP contribution in [0.15, 0.2) is 97.2 Å². The molecule has 5 unspecified atom stereocenters. The minimum atomic E-state index is -4.98. The van der Waals surface area contributed by atoms with E-state index in [1.165, 1.54) is 96.3 Å². The van der Waals surface area contributed by atoms with Crippen LogP contribution in [0.3, 0.4) is 0 Å². The maximum atomic E-state index is 13.1. The van der Waals surface area contributed by atoms with Crippen LogP contribution in [0.2, 0.25) is 0 Å². The van der Waals surface area contributed by atoms with Crippen molar-refractivity contribution in [3.8, 4) is 0 Å². The summed E-state index contributed by atoms with van der Waals surface area (Å²) in [6.07, 6.45) is 76.8. The van der Waals surface area contributed by atoms with Crippen LogP contribution in [0.1, 0.15) is 336 Å². The summed E-state index contributed by atoms with van der Waals surface area (Å²) in [5.74, 6) is -2.22. The zero-order valence-electron chi connectivity index (χ0n) is 63.1. The smallest absolute Gasteiger partial charge is 0.462 e. The van der Waals surface area contributed by atoms with Crippen LogP contribution in [-0.2, 0) is 65.4 Å². The molecule has 0 amide bonds. The molecule has 0 aromatic heterocycles. The minimum absolute atomic E-state index is 0.0817. The second kappa shape index (κ2) is 73.3. The first-order valence-corrected chi connectivity index (χ1v) is 42.5. The van der Waals surface area contributed by atoms with Gasteiger partial charge in [0.2, 0.25) is 0 Å². The van der Waals surface area contributed by atoms with E-state index in [4.69, 9.17) is 37.0 Å². The molecule has 17 nitrogen and oxygen atoms in total. The fourth-order valence-corrected chi connectivity index (χ4v) is 12.1. The van der Waals surface area contributed by atoms with Gasteiger partial charge in [0.05, 0.1) is 26.4 Å². The molecular formula is C81H142O17P2. The molecule has 19 heteroatoms. The summed E-state index contributed by atoms with van der Waals surface area (Å²) < 4.78 is 68.5. The van der Waals surface area contributed by atoms with Gasteiger partial charge in [-0.3, -0.25) is 37.3 Å². The summed E-state index contributed by atoms with van der Waals surface area (Å²) in [7, 11) is -9.96. The highest BCUT2D eigenvalue weighted by atomic mass is 31.2. The Hall–Kier alpha value is -4.02. The number of phosphoric acid groups is 2. The SMILES string of the molecule is CC/C=C\C/C=C\C/C=C\C/C=C\C/C=C\CCCCCC(=O)OCC(COP(=O)(O)OCC(O)COP(=O)(O)OCC(COC(=O)CCCCCCC/C=C\C/C=C\CCCCC)OC(=O)CCCCCCC/C=C\CCCC)OC(=O)CCCCCCCCCCCCCCCCC. The zero-order valence-corrected chi connectivity index (χ0v) is 64.9. The topological polar surface area (TPSA) is 237 Å². The van der Waals surface area contributed by atoms with E-state index in [0.29, 0.717) is 25.7 Å². The molecule has 0 aliphatic heterocycles. The predicted molar refractivity (Wildman–Crippen MR) is 409 cm³/mol. The molecule has 0 fully saturated rings. The van der Waals surface area contributed by atoms with Gasteiger partial charge in [0.25, 0.3) is 0 Å². The van der Waals surface area contributed by atoms with Crippen molar-refractivity contribution >= 4 is 39.5 Å². The minimum Gasteiger partial charge on any atom is -0.462 e. The number of carbonyl (C=O) groups is 4. The third kappa shape index (κ3) is 72.3. The Morgan fingerprint density at radius 1 is 0.290 bits per heavy atom. The maximum Gasteiger partial charge on any atom is 0.472 e. The van der Waals surface area contributed by atoms with Gasteiger partial charge in [0.1, 0.15) is 19.3 Å². The number of unbranched alkanes of at least 4 members (excludes halogenated alkanes) is 32. The molecule has 100 heavy (non-hydrogen) atoms. The molecule has 0 aromatic rings. The summed E-state index contributed by atoms with van der Waals surface area (Å²) in [5.41, 5.74) is 0. The van der Waals surface area contributed by atoms with Crippen LogP contribution < -0.4 is 0 Å². The second-order valence-corrected chi connectivity index (χ2v) is 29.2. The van der Waals surface area contributed by atoms with Gasteiger partial charge in [-0.1, -0.05) is 285 Å². The Bertz CT molecular complexity index is 2270. The lowest BCUT2D eigenvalue weighted by atomic mass is 10.0. The molecule has 0 bridgehead atoms. The van der Waals surface area contributed by atoms with E-state index in [1.807, 2.05) is 0 Å². The van der Waals surface area contributed by atoms with Gasteiger partial charge in [-0.2, -0.15) is 0 Å². The largest absolute Gasteiger partial charge is 0.472 e. The average molecular weight is 1450 g/mol. The Balaban J connectivity index is 5.35. The van der Waals surface area contributed by atoms with Crippen molar-refractivity contribution in [3.05, 3.63) is 97.2 Å². The van der Waals surface area contributed by atoms with Crippen LogP contribution in [0, 0.1) is 0 Å². The van der Waals surface area contributed by atoms with Crippen molar-refractivity contribution in [3.63, 3.8) is 0 Å². The number of hydrogen-bond acceptors (Lipinski definition) is 15. The van der Waals surface area contributed by atoms with Gasteiger partial charge in [0.15, 0.2) is 12.2 Å². The molecular weight excluding hydrogens is 1310 g/mol. The Morgan fingerprint density at radius 3 is 0.870 bits per heavy atom. The van der Waals surface area contributed by atoms with E-state index in [9.17, 15) is 43.2 Å². The second-order valence-electron chi connectivity index (χ2n) is 26.3. The molecule has 0 aromatic carbocycles. The molecule has 0 saturated heterocycles. The molecule has 0 heterocycles. The molecule has 578 valence electrons. The number of ether oxygens (including phenoxy) is 4. The van der Waals surface area contributed by atoms with Crippen LogP contribution in [-0.4, -0.2) is 96.7 Å². The standard InChI is InChI=1S/C81H142O17P2/c1-5-9-13-17-21-25-29-32-35-36-37-38-41-43-47-50-54-58-62-66-79(84)92-72-77(98-81(86)68-64-60-56-52-48-44-40-34-31-27-23-19-15-11-7-3)74-96-100(89,90)94-70-75(82)69-93-99(87,88)95-73-76(97-80(85)67-63-59-55-51-45-28-24-20-16-12-8-4)71-91-78(83)65-61-57-53-49-46-42-39-33-30-26-22-18-14-10-6-2/h9,13,20-22,24-26,32-33,35,37-39,43,47,75-77,82H,5-8,10-12,14-19,23,27-31,34,36,40-42,44-46,48-74H2,1-4H3,(H,87,88)(H,89,90)/b13-9-,24-20-,25-21-,26-22-,35-32-,38-37-,39-33-,47-43-. The zero-order chi connectivity index (χ0) is 73.2. The van der Waals surface area contributed by atoms with Gasteiger partial charge in [-0.25, -0.2) is 9.13 Å². The van der Waals surface area contributed by atoms with Crippen molar-refractivity contribution in [2.45, 2.75) is 354 Å². The van der Waals surface area contributed by atoms with Crippen molar-refractivity contribution in [2.75, 3.05) is 39.6 Å². The summed E-state index contributed by atoms with van der Waals surface area (Å²) in [6, 6.07) is 0. The summed E-state index contributed by atoms with van der Waals surface area (Å²) in [4.78, 5) is 72.9. The van der Waals surface area contributed by atoms with E-state index in [2.05, 4.69) is 125 Å². The van der Waals surface area contributed by atoms with Crippen molar-refractivity contribution < 1.29 is 80.2 Å². The summed E-state index contributed by atoms with van der Waals surface area (Å²) in [6.45, 7) is 4.67. The van der Waals surface area contributed by atoms with Gasteiger partial charge in [-0.15, -0.1) is 0 Å². The third-order valence-corrected chi connectivity index (χ3v) is 18.4. The molecule has 0 radical (unpaired) electrons. The highest BCUT2D eigenvalue weighted by Crippen LogP contribution is 2.45. The quantitative estimate of drug-likeness (QED) is 0.0169. The van der Waals surface area contributed by atoms with E-state index in [-0.39, 0.29) is 25.7 Å². The monoisotopic (exact) mass is 1450 g/mol. The van der Waals surface area contributed by atoms with Gasteiger partial charge in [-0.05, 0) is 122 Å². The highest BCUT2D eigenvalue weighted by molar-refractivity contribution is 7.47. The first kappa shape index (κ1) is 96.0. The van der Waals surface area contributed by atoms with Crippen molar-refractivity contribution in [2.24, 2.45) is 0 Å². The Kier molecular flexibility index (Phi) is 70.4. The highest BCUT2D eigenvalue weighted by Gasteiger charge is 2.30. The normalized spacial score (nSPS) is 14.4. The third-order valence-electron chi connectivity index (χ3n) is 16.5. The lowest BCUT2D eigenvalue weighted by molar-refractivity contribution is -0.161. The number of carbonyl (C=O) groups excluding carboxylic acids is 4. The van der Waals surface area contributed by atoms with E-state index in [1.54, 1.807) is 0 Å².